The second-order valence-corrected chi connectivity index (χ2v) is 7.44. The largest absolute Gasteiger partial charge is 0.388 e. The number of piperidine rings is 1. The predicted octanol–water partition coefficient (Wildman–Crippen LogP) is 3.21. The van der Waals surface area contributed by atoms with Crippen molar-refractivity contribution in [1.29, 1.82) is 5.41 Å². The summed E-state index contributed by atoms with van der Waals surface area (Å²) in [4.78, 5) is 19.8. The van der Waals surface area contributed by atoms with Gasteiger partial charge in [-0.15, -0.1) is 0 Å². The number of hydrogen-bond acceptors (Lipinski definition) is 5. The van der Waals surface area contributed by atoms with Gasteiger partial charge in [-0.3, -0.25) is 9.20 Å². The van der Waals surface area contributed by atoms with Gasteiger partial charge in [0, 0.05) is 42.3 Å². The van der Waals surface area contributed by atoms with Crippen LogP contribution < -0.4 is 10.9 Å². The SMILES string of the molecule is CNc1ccc(-c2cc(=O)n3cc(C4CCN(C)CC4)ccc3n2)cc1C=N. The predicted molar refractivity (Wildman–Crippen MR) is 114 cm³/mol. The molecule has 6 nitrogen and oxygen atoms in total. The minimum atomic E-state index is -0.0797. The van der Waals surface area contributed by atoms with Gasteiger partial charge < -0.3 is 15.6 Å². The molecule has 0 amide bonds. The van der Waals surface area contributed by atoms with Crippen LogP contribution in [0.15, 0.2) is 47.4 Å². The Balaban J connectivity index is 1.72. The molecule has 0 bridgehead atoms. The fourth-order valence-electron chi connectivity index (χ4n) is 3.92. The molecule has 0 atom stereocenters. The van der Waals surface area contributed by atoms with E-state index in [0.717, 1.165) is 42.7 Å². The molecule has 0 aliphatic carbocycles. The molecule has 1 aromatic carbocycles. The molecule has 3 heterocycles. The van der Waals surface area contributed by atoms with E-state index >= 15 is 0 Å². The first-order valence-corrected chi connectivity index (χ1v) is 9.63. The third-order valence-corrected chi connectivity index (χ3v) is 5.64. The molecule has 2 N–H and O–H groups in total. The summed E-state index contributed by atoms with van der Waals surface area (Å²) in [6.07, 6.45) is 5.49. The van der Waals surface area contributed by atoms with Crippen molar-refractivity contribution in [3.8, 4) is 11.3 Å². The number of fused-ring (bicyclic) bond motifs is 1. The highest BCUT2D eigenvalue weighted by molar-refractivity contribution is 5.88. The number of aromatic nitrogens is 2. The van der Waals surface area contributed by atoms with Gasteiger partial charge in [0.25, 0.3) is 5.56 Å². The van der Waals surface area contributed by atoms with Crippen LogP contribution in [0.4, 0.5) is 5.69 Å². The van der Waals surface area contributed by atoms with Gasteiger partial charge in [0.15, 0.2) is 0 Å². The topological polar surface area (TPSA) is 73.5 Å². The summed E-state index contributed by atoms with van der Waals surface area (Å²) in [5.74, 6) is 0.497. The van der Waals surface area contributed by atoms with Gasteiger partial charge in [-0.1, -0.05) is 12.1 Å². The lowest BCUT2D eigenvalue weighted by atomic mass is 9.91. The molecular weight excluding hydrogens is 350 g/mol. The average Bonchev–Trinajstić information content (AvgIpc) is 2.73. The Morgan fingerprint density at radius 3 is 2.68 bits per heavy atom. The Morgan fingerprint density at radius 1 is 1.18 bits per heavy atom. The zero-order valence-electron chi connectivity index (χ0n) is 16.3. The smallest absolute Gasteiger partial charge is 0.258 e. The number of pyridine rings is 1. The van der Waals surface area contributed by atoms with E-state index in [0.29, 0.717) is 17.3 Å². The second-order valence-electron chi connectivity index (χ2n) is 7.44. The number of nitrogens with one attached hydrogen (secondary N) is 2. The molecule has 0 radical (unpaired) electrons. The maximum atomic E-state index is 12.8. The maximum absolute atomic E-state index is 12.8. The highest BCUT2D eigenvalue weighted by atomic mass is 16.1. The van der Waals surface area contributed by atoms with Crippen LogP contribution in [-0.2, 0) is 0 Å². The Morgan fingerprint density at radius 2 is 1.96 bits per heavy atom. The molecular formula is C22H25N5O. The average molecular weight is 375 g/mol. The Kier molecular flexibility index (Phi) is 4.96. The molecule has 1 aliphatic rings. The van der Waals surface area contributed by atoms with Gasteiger partial charge in [-0.25, -0.2) is 4.98 Å². The molecule has 3 aromatic rings. The third-order valence-electron chi connectivity index (χ3n) is 5.64. The quantitative estimate of drug-likeness (QED) is 0.687. The summed E-state index contributed by atoms with van der Waals surface area (Å²) in [6.45, 7) is 2.18. The standard InChI is InChI=1S/C22H25N5O/c1-24-19-5-3-16(11-18(19)13-23)20-12-22(28)27-14-17(4-6-21(27)25-20)15-7-9-26(2)10-8-15/h3-6,11-15,23-24H,7-10H2,1-2H3. The fourth-order valence-corrected chi connectivity index (χ4v) is 3.92. The van der Waals surface area contributed by atoms with Crippen molar-refractivity contribution in [2.45, 2.75) is 18.8 Å². The summed E-state index contributed by atoms with van der Waals surface area (Å²) in [5, 5.41) is 10.7. The first-order chi connectivity index (χ1) is 13.6. The normalized spacial score (nSPS) is 15.6. The number of likely N-dealkylation sites (tertiary alicyclic amines) is 1. The van der Waals surface area contributed by atoms with Crippen LogP contribution in [-0.4, -0.2) is 47.7 Å². The van der Waals surface area contributed by atoms with Crippen LogP contribution in [0.3, 0.4) is 0 Å². The van der Waals surface area contributed by atoms with Crippen LogP contribution >= 0.6 is 0 Å². The maximum Gasteiger partial charge on any atom is 0.258 e. The fraction of sp³-hybridized carbons (Fsp3) is 0.318. The molecule has 144 valence electrons. The van der Waals surface area contributed by atoms with Gasteiger partial charge in [-0.05, 0) is 62.7 Å². The van der Waals surface area contributed by atoms with Gasteiger partial charge in [-0.2, -0.15) is 0 Å². The molecule has 4 rings (SSSR count). The lowest BCUT2D eigenvalue weighted by molar-refractivity contribution is 0.255. The van der Waals surface area contributed by atoms with Crippen molar-refractivity contribution < 1.29 is 0 Å². The van der Waals surface area contributed by atoms with Crippen molar-refractivity contribution >= 4 is 17.5 Å². The summed E-state index contributed by atoms with van der Waals surface area (Å²) in [7, 11) is 3.98. The third kappa shape index (κ3) is 3.43. The first kappa shape index (κ1) is 18.4. The van der Waals surface area contributed by atoms with Crippen LogP contribution in [0, 0.1) is 5.41 Å². The van der Waals surface area contributed by atoms with Crippen LogP contribution in [0.5, 0.6) is 0 Å². The lowest BCUT2D eigenvalue weighted by Crippen LogP contribution is -2.29. The highest BCUT2D eigenvalue weighted by Gasteiger charge is 2.19. The van der Waals surface area contributed by atoms with Gasteiger partial charge in [0.05, 0.1) is 5.69 Å². The van der Waals surface area contributed by atoms with Crippen LogP contribution in [0.2, 0.25) is 0 Å². The van der Waals surface area contributed by atoms with Gasteiger partial charge in [0.2, 0.25) is 0 Å². The summed E-state index contributed by atoms with van der Waals surface area (Å²) in [5.41, 5.74) is 4.87. The number of nitrogens with zero attached hydrogens (tertiary/aromatic N) is 3. The molecule has 0 spiro atoms. The molecule has 1 fully saturated rings. The molecule has 28 heavy (non-hydrogen) atoms. The molecule has 0 saturated carbocycles. The zero-order valence-corrected chi connectivity index (χ0v) is 16.3. The van der Waals surface area contributed by atoms with Crippen molar-refractivity contribution in [3.05, 3.63) is 64.1 Å². The van der Waals surface area contributed by atoms with E-state index in [1.807, 2.05) is 37.5 Å². The van der Waals surface area contributed by atoms with Crippen molar-refractivity contribution in [2.24, 2.45) is 0 Å². The van der Waals surface area contributed by atoms with Gasteiger partial charge >= 0.3 is 0 Å². The van der Waals surface area contributed by atoms with E-state index in [1.54, 1.807) is 10.5 Å². The number of hydrogen-bond donors (Lipinski definition) is 2. The summed E-state index contributed by atoms with van der Waals surface area (Å²) < 4.78 is 1.65. The minimum Gasteiger partial charge on any atom is -0.388 e. The zero-order chi connectivity index (χ0) is 19.7. The molecule has 2 aromatic heterocycles. The van der Waals surface area contributed by atoms with Crippen molar-refractivity contribution in [3.63, 3.8) is 0 Å². The molecule has 1 aliphatic heterocycles. The highest BCUT2D eigenvalue weighted by Crippen LogP contribution is 2.28. The Hall–Kier alpha value is -2.99. The lowest BCUT2D eigenvalue weighted by Gasteiger charge is -2.29. The van der Waals surface area contributed by atoms with E-state index in [-0.39, 0.29) is 5.56 Å². The summed E-state index contributed by atoms with van der Waals surface area (Å²) >= 11 is 0. The van der Waals surface area contributed by atoms with Crippen molar-refractivity contribution in [2.75, 3.05) is 32.5 Å². The first-order valence-electron chi connectivity index (χ1n) is 9.63. The van der Waals surface area contributed by atoms with E-state index < -0.39 is 0 Å². The molecule has 6 heteroatoms. The number of benzene rings is 1. The number of anilines is 1. The molecule has 0 unspecified atom stereocenters. The second kappa shape index (κ2) is 7.56. The van der Waals surface area contributed by atoms with Gasteiger partial charge in [0.1, 0.15) is 5.65 Å². The van der Waals surface area contributed by atoms with E-state index in [2.05, 4.69) is 23.3 Å². The van der Waals surface area contributed by atoms with Crippen LogP contribution in [0.25, 0.3) is 16.9 Å². The Labute approximate surface area is 164 Å². The number of rotatable bonds is 4. The summed E-state index contributed by atoms with van der Waals surface area (Å²) in [6, 6.07) is 11.3. The monoisotopic (exact) mass is 375 g/mol. The van der Waals surface area contributed by atoms with Crippen molar-refractivity contribution in [1.82, 2.24) is 14.3 Å². The van der Waals surface area contributed by atoms with E-state index in [9.17, 15) is 4.79 Å². The van der Waals surface area contributed by atoms with E-state index in [4.69, 9.17) is 10.4 Å². The molecule has 1 saturated heterocycles. The Bertz CT molecular complexity index is 1080. The van der Waals surface area contributed by atoms with E-state index in [1.165, 1.54) is 11.8 Å². The van der Waals surface area contributed by atoms with Crippen LogP contribution in [0.1, 0.15) is 29.9 Å². The minimum absolute atomic E-state index is 0.0797.